The first-order valence-corrected chi connectivity index (χ1v) is 5.60. The summed E-state index contributed by atoms with van der Waals surface area (Å²) in [5, 5.41) is 9.03. The molecule has 7 heteroatoms. The van der Waals surface area contributed by atoms with Crippen LogP contribution < -0.4 is 10.2 Å². The number of rotatable bonds is 1. The average molecular weight is 264 g/mol. The Bertz CT molecular complexity index is 768. The summed E-state index contributed by atoms with van der Waals surface area (Å²) < 4.78 is 20.4. The van der Waals surface area contributed by atoms with Gasteiger partial charge in [-0.15, -0.1) is 0 Å². The Kier molecular flexibility index (Phi) is 2.31. The molecule has 98 valence electrons. The second-order valence-electron chi connectivity index (χ2n) is 4.38. The van der Waals surface area contributed by atoms with Crippen LogP contribution in [0, 0.1) is 5.82 Å². The molecule has 2 aromatic heterocycles. The van der Waals surface area contributed by atoms with E-state index in [4.69, 9.17) is 9.84 Å². The molecule has 1 unspecified atom stereocenters. The van der Waals surface area contributed by atoms with Gasteiger partial charge in [0.1, 0.15) is 23.2 Å². The van der Waals surface area contributed by atoms with Gasteiger partial charge in [0.25, 0.3) is 0 Å². The van der Waals surface area contributed by atoms with Gasteiger partial charge in [0.15, 0.2) is 11.6 Å². The number of hydrogen-bond donors (Lipinski definition) is 1. The summed E-state index contributed by atoms with van der Waals surface area (Å²) in [5.74, 6) is -2.06. The molecule has 3 rings (SSSR count). The molecule has 0 aromatic carbocycles. The highest BCUT2D eigenvalue weighted by molar-refractivity contribution is 5.93. The molecule has 0 spiro atoms. The second kappa shape index (κ2) is 3.78. The lowest BCUT2D eigenvalue weighted by Crippen LogP contribution is -2.27. The second-order valence-corrected chi connectivity index (χ2v) is 4.38. The number of carbonyl (C=O) groups is 1. The minimum absolute atomic E-state index is 0.0582. The molecule has 1 aliphatic rings. The van der Waals surface area contributed by atoms with Crippen LogP contribution in [0.3, 0.4) is 0 Å². The first-order valence-electron chi connectivity index (χ1n) is 5.60. The van der Waals surface area contributed by atoms with E-state index in [2.05, 4.69) is 4.98 Å². The molecule has 0 saturated carbocycles. The Morgan fingerprint density at radius 2 is 2.37 bits per heavy atom. The fraction of sp³-hybridized carbons (Fsp3) is 0.250. The van der Waals surface area contributed by atoms with Crippen molar-refractivity contribution in [1.82, 2.24) is 9.55 Å². The van der Waals surface area contributed by atoms with Crippen LogP contribution in [0.5, 0.6) is 5.75 Å². The van der Waals surface area contributed by atoms with E-state index in [0.29, 0.717) is 0 Å². The maximum absolute atomic E-state index is 13.6. The first-order chi connectivity index (χ1) is 9.00. The average Bonchev–Trinajstić information content (AvgIpc) is 2.37. The number of pyridine rings is 2. The van der Waals surface area contributed by atoms with Crippen molar-refractivity contribution in [2.45, 2.75) is 13.0 Å². The summed E-state index contributed by atoms with van der Waals surface area (Å²) in [6, 6.07) is -0.211. The van der Waals surface area contributed by atoms with Gasteiger partial charge in [-0.25, -0.2) is 14.2 Å². The number of carboxylic acid groups (broad SMARTS) is 1. The molecule has 0 bridgehead atoms. The van der Waals surface area contributed by atoms with Crippen LogP contribution in [-0.2, 0) is 0 Å². The predicted molar refractivity (Wildman–Crippen MR) is 63.1 cm³/mol. The fourth-order valence-electron chi connectivity index (χ4n) is 2.18. The van der Waals surface area contributed by atoms with E-state index in [1.54, 1.807) is 6.92 Å². The van der Waals surface area contributed by atoms with E-state index in [9.17, 15) is 14.0 Å². The van der Waals surface area contributed by atoms with Gasteiger partial charge in [0, 0.05) is 6.20 Å². The number of carboxylic acids is 1. The molecule has 1 N–H and O–H groups in total. The van der Waals surface area contributed by atoms with E-state index >= 15 is 0 Å². The van der Waals surface area contributed by atoms with Crippen molar-refractivity contribution in [3.63, 3.8) is 0 Å². The van der Waals surface area contributed by atoms with E-state index in [1.165, 1.54) is 10.8 Å². The summed E-state index contributed by atoms with van der Waals surface area (Å²) in [6.07, 6.45) is 2.08. The fourth-order valence-corrected chi connectivity index (χ4v) is 2.18. The monoisotopic (exact) mass is 264 g/mol. The lowest BCUT2D eigenvalue weighted by Gasteiger charge is -2.26. The Hall–Kier alpha value is -2.44. The van der Waals surface area contributed by atoms with Gasteiger partial charge in [-0.1, -0.05) is 0 Å². The number of nitrogens with zero attached hydrogens (tertiary/aromatic N) is 2. The van der Waals surface area contributed by atoms with Gasteiger partial charge >= 0.3 is 5.97 Å². The third kappa shape index (κ3) is 1.51. The van der Waals surface area contributed by atoms with Gasteiger partial charge < -0.3 is 14.4 Å². The topological polar surface area (TPSA) is 81.4 Å². The predicted octanol–water partition coefficient (Wildman–Crippen LogP) is 1.19. The highest BCUT2D eigenvalue weighted by Gasteiger charge is 2.26. The Balaban J connectivity index is 2.54. The molecule has 3 heterocycles. The first kappa shape index (κ1) is 11.6. The van der Waals surface area contributed by atoms with Crippen molar-refractivity contribution in [3.05, 3.63) is 34.0 Å². The number of ether oxygens (including phenoxy) is 1. The van der Waals surface area contributed by atoms with Gasteiger partial charge in [-0.3, -0.25) is 4.79 Å². The molecule has 0 amide bonds. The van der Waals surface area contributed by atoms with Crippen molar-refractivity contribution in [2.75, 3.05) is 6.61 Å². The molecule has 0 radical (unpaired) electrons. The van der Waals surface area contributed by atoms with Crippen molar-refractivity contribution in [3.8, 4) is 5.75 Å². The molecule has 1 atom stereocenters. The normalized spacial score (nSPS) is 17.3. The van der Waals surface area contributed by atoms with Crippen LogP contribution in [0.15, 0.2) is 17.2 Å². The number of hydrogen-bond acceptors (Lipinski definition) is 4. The molecule has 0 saturated heterocycles. The molecule has 2 aromatic rings. The van der Waals surface area contributed by atoms with Crippen LogP contribution in [0.1, 0.15) is 23.3 Å². The van der Waals surface area contributed by atoms with E-state index in [0.717, 1.165) is 6.20 Å². The number of aromatic nitrogens is 2. The molecule has 0 aliphatic carbocycles. The number of halogens is 1. The van der Waals surface area contributed by atoms with Crippen LogP contribution >= 0.6 is 0 Å². The van der Waals surface area contributed by atoms with Crippen molar-refractivity contribution in [1.29, 1.82) is 0 Å². The highest BCUT2D eigenvalue weighted by Crippen LogP contribution is 2.32. The molecular weight excluding hydrogens is 255 g/mol. The molecular formula is C12H9FN2O4. The molecule has 0 fully saturated rings. The minimum atomic E-state index is -1.33. The number of aromatic carboxylic acids is 1. The van der Waals surface area contributed by atoms with Gasteiger partial charge in [0.2, 0.25) is 5.43 Å². The van der Waals surface area contributed by atoms with Crippen LogP contribution in [-0.4, -0.2) is 27.2 Å². The third-order valence-corrected chi connectivity index (χ3v) is 3.12. The van der Waals surface area contributed by atoms with Gasteiger partial charge in [-0.2, -0.15) is 0 Å². The minimum Gasteiger partial charge on any atom is -0.486 e. The summed E-state index contributed by atoms with van der Waals surface area (Å²) in [5.41, 5.74) is -1.01. The standard InChI is InChI=1S/C12H9FN2O4/c1-5-4-19-11-7(13)2-14-8-9(11)15(5)3-6(10(8)16)12(17)18/h2-3,5H,4H2,1H3,(H,17,18). The van der Waals surface area contributed by atoms with Gasteiger partial charge in [0.05, 0.1) is 12.2 Å². The highest BCUT2D eigenvalue weighted by atomic mass is 19.1. The zero-order valence-electron chi connectivity index (χ0n) is 9.88. The SMILES string of the molecule is CC1COc2c(F)cnc3c(=O)c(C(=O)O)cn1c23. The van der Waals surface area contributed by atoms with Crippen molar-refractivity contribution >= 4 is 17.0 Å². The summed E-state index contributed by atoms with van der Waals surface area (Å²) >= 11 is 0. The van der Waals surface area contributed by atoms with E-state index in [1.807, 2.05) is 0 Å². The Labute approximate surface area is 106 Å². The van der Waals surface area contributed by atoms with E-state index in [-0.39, 0.29) is 35.0 Å². The van der Waals surface area contributed by atoms with Crippen molar-refractivity contribution in [2.24, 2.45) is 0 Å². The quantitative estimate of drug-likeness (QED) is 0.836. The van der Waals surface area contributed by atoms with Crippen molar-refractivity contribution < 1.29 is 19.0 Å². The van der Waals surface area contributed by atoms with E-state index < -0.39 is 17.2 Å². The maximum atomic E-state index is 13.6. The Morgan fingerprint density at radius 3 is 3.05 bits per heavy atom. The summed E-state index contributed by atoms with van der Waals surface area (Å²) in [4.78, 5) is 26.8. The zero-order valence-corrected chi connectivity index (χ0v) is 9.88. The van der Waals surface area contributed by atoms with Crippen LogP contribution in [0.25, 0.3) is 11.0 Å². The summed E-state index contributed by atoms with van der Waals surface area (Å²) in [7, 11) is 0. The zero-order chi connectivity index (χ0) is 13.7. The van der Waals surface area contributed by atoms with Gasteiger partial charge in [-0.05, 0) is 6.92 Å². The summed E-state index contributed by atoms with van der Waals surface area (Å²) in [6.45, 7) is 1.98. The molecule has 6 nitrogen and oxygen atoms in total. The third-order valence-electron chi connectivity index (χ3n) is 3.12. The van der Waals surface area contributed by atoms with Crippen LogP contribution in [0.2, 0.25) is 0 Å². The smallest absolute Gasteiger partial charge is 0.341 e. The molecule has 1 aliphatic heterocycles. The lowest BCUT2D eigenvalue weighted by molar-refractivity contribution is 0.0694. The largest absolute Gasteiger partial charge is 0.486 e. The lowest BCUT2D eigenvalue weighted by atomic mass is 10.1. The molecule has 19 heavy (non-hydrogen) atoms. The Morgan fingerprint density at radius 1 is 1.63 bits per heavy atom. The van der Waals surface area contributed by atoms with Crippen LogP contribution in [0.4, 0.5) is 4.39 Å². The maximum Gasteiger partial charge on any atom is 0.341 e.